The van der Waals surface area contributed by atoms with Crippen LogP contribution in [0.5, 0.6) is 11.5 Å². The van der Waals surface area contributed by atoms with Crippen molar-refractivity contribution in [2.45, 2.75) is 12.8 Å². The lowest BCUT2D eigenvalue weighted by molar-refractivity contribution is 0.0751. The summed E-state index contributed by atoms with van der Waals surface area (Å²) in [5, 5.41) is 8.88. The van der Waals surface area contributed by atoms with Gasteiger partial charge in [-0.1, -0.05) is 0 Å². The average Bonchev–Trinajstić information content (AvgIpc) is 3.33. The van der Waals surface area contributed by atoms with Gasteiger partial charge in [0.2, 0.25) is 6.79 Å². The second-order valence-electron chi connectivity index (χ2n) is 7.42. The Kier molecular flexibility index (Phi) is 5.25. The van der Waals surface area contributed by atoms with Crippen molar-refractivity contribution in [2.75, 3.05) is 18.7 Å². The van der Waals surface area contributed by atoms with E-state index < -0.39 is 0 Å². The fraction of sp³-hybridized carbons (Fsp3) is 0.167. The highest BCUT2D eigenvalue weighted by molar-refractivity contribution is 6.05. The lowest BCUT2D eigenvalue weighted by atomic mass is 10.0. The van der Waals surface area contributed by atoms with E-state index in [2.05, 4.69) is 15.4 Å². The van der Waals surface area contributed by atoms with Crippen LogP contribution in [0.3, 0.4) is 0 Å². The van der Waals surface area contributed by atoms with Gasteiger partial charge in [-0.25, -0.2) is 5.01 Å². The van der Waals surface area contributed by atoms with Crippen molar-refractivity contribution in [2.24, 2.45) is 5.10 Å². The van der Waals surface area contributed by atoms with Gasteiger partial charge in [0.25, 0.3) is 11.8 Å². The zero-order valence-electron chi connectivity index (χ0n) is 17.2. The molecular formula is C24H20N4O4. The molecule has 2 amide bonds. The summed E-state index contributed by atoms with van der Waals surface area (Å²) >= 11 is 0. The summed E-state index contributed by atoms with van der Waals surface area (Å²) in [4.78, 5) is 29.2. The molecule has 3 aromatic rings. The van der Waals surface area contributed by atoms with Gasteiger partial charge in [-0.15, -0.1) is 0 Å². The standard InChI is InChI=1S/C24H20N4O4/c29-23(18-3-1-11-25-14-18)26-19-8-5-16(6-9-19)24(30)28-12-2-4-20(27-28)17-7-10-21-22(13-17)32-15-31-21/h1,3,5-11,13-14H,2,4,12,15H2,(H,26,29). The van der Waals surface area contributed by atoms with E-state index in [1.54, 1.807) is 42.6 Å². The lowest BCUT2D eigenvalue weighted by Gasteiger charge is -2.24. The number of hydrogen-bond acceptors (Lipinski definition) is 6. The van der Waals surface area contributed by atoms with Crippen LogP contribution >= 0.6 is 0 Å². The van der Waals surface area contributed by atoms with E-state index in [9.17, 15) is 9.59 Å². The Bertz CT molecular complexity index is 1190. The molecule has 32 heavy (non-hydrogen) atoms. The number of anilines is 1. The number of fused-ring (bicyclic) bond motifs is 1. The predicted molar refractivity (Wildman–Crippen MR) is 118 cm³/mol. The Hall–Kier alpha value is -4.20. The summed E-state index contributed by atoms with van der Waals surface area (Å²) in [5.74, 6) is 0.964. The molecule has 3 heterocycles. The van der Waals surface area contributed by atoms with Crippen molar-refractivity contribution in [1.82, 2.24) is 9.99 Å². The van der Waals surface area contributed by atoms with Crippen molar-refractivity contribution in [3.05, 3.63) is 83.7 Å². The number of aromatic nitrogens is 1. The van der Waals surface area contributed by atoms with Gasteiger partial charge in [0.15, 0.2) is 11.5 Å². The van der Waals surface area contributed by atoms with Crippen molar-refractivity contribution >= 4 is 23.2 Å². The first-order valence-corrected chi connectivity index (χ1v) is 10.3. The first-order valence-electron chi connectivity index (χ1n) is 10.3. The molecule has 0 fully saturated rings. The molecule has 2 aromatic carbocycles. The largest absolute Gasteiger partial charge is 0.454 e. The van der Waals surface area contributed by atoms with Crippen LogP contribution in [0.15, 0.2) is 72.1 Å². The summed E-state index contributed by atoms with van der Waals surface area (Å²) in [6.07, 6.45) is 4.71. The normalized spacial score (nSPS) is 14.6. The van der Waals surface area contributed by atoms with E-state index >= 15 is 0 Å². The van der Waals surface area contributed by atoms with Gasteiger partial charge in [0.05, 0.1) is 11.3 Å². The molecule has 0 spiro atoms. The van der Waals surface area contributed by atoms with Crippen LogP contribution < -0.4 is 14.8 Å². The van der Waals surface area contributed by atoms with Crippen LogP contribution in [0, 0.1) is 0 Å². The zero-order chi connectivity index (χ0) is 21.9. The fourth-order valence-corrected chi connectivity index (χ4v) is 3.61. The highest BCUT2D eigenvalue weighted by atomic mass is 16.7. The monoisotopic (exact) mass is 428 g/mol. The SMILES string of the molecule is O=C(Nc1ccc(C(=O)N2CCCC(c3ccc4c(c3)OCO4)=N2)cc1)c1cccnc1. The lowest BCUT2D eigenvalue weighted by Crippen LogP contribution is -2.32. The minimum absolute atomic E-state index is 0.187. The highest BCUT2D eigenvalue weighted by Crippen LogP contribution is 2.33. The Balaban J connectivity index is 1.29. The summed E-state index contributed by atoms with van der Waals surface area (Å²) in [7, 11) is 0. The molecule has 5 rings (SSSR count). The molecule has 8 nitrogen and oxygen atoms in total. The Labute approximate surface area is 184 Å². The number of hydrogen-bond donors (Lipinski definition) is 1. The van der Waals surface area contributed by atoms with Gasteiger partial charge >= 0.3 is 0 Å². The van der Waals surface area contributed by atoms with E-state index in [1.165, 1.54) is 11.2 Å². The number of ether oxygens (including phenoxy) is 2. The number of carbonyl (C=O) groups is 2. The minimum atomic E-state index is -0.258. The first-order chi connectivity index (χ1) is 15.7. The molecule has 2 aliphatic heterocycles. The maximum absolute atomic E-state index is 13.0. The summed E-state index contributed by atoms with van der Waals surface area (Å²) in [6.45, 7) is 0.765. The van der Waals surface area contributed by atoms with Crippen LogP contribution in [-0.2, 0) is 0 Å². The van der Waals surface area contributed by atoms with E-state index in [1.807, 2.05) is 18.2 Å². The third kappa shape index (κ3) is 4.02. The number of hydrazone groups is 1. The van der Waals surface area contributed by atoms with Crippen LogP contribution in [0.25, 0.3) is 0 Å². The maximum atomic E-state index is 13.0. The number of amides is 2. The van der Waals surface area contributed by atoms with E-state index in [4.69, 9.17) is 9.47 Å². The van der Waals surface area contributed by atoms with Crippen LogP contribution in [0.2, 0.25) is 0 Å². The molecule has 0 saturated carbocycles. The maximum Gasteiger partial charge on any atom is 0.273 e. The Morgan fingerprint density at radius 1 is 0.969 bits per heavy atom. The predicted octanol–water partition coefficient (Wildman–Crippen LogP) is 3.70. The van der Waals surface area contributed by atoms with Crippen molar-refractivity contribution in [3.8, 4) is 11.5 Å². The average molecular weight is 428 g/mol. The number of rotatable bonds is 4. The molecule has 2 aliphatic rings. The highest BCUT2D eigenvalue weighted by Gasteiger charge is 2.22. The Morgan fingerprint density at radius 2 is 1.81 bits per heavy atom. The second kappa shape index (κ2) is 8.50. The Morgan fingerprint density at radius 3 is 2.62 bits per heavy atom. The quantitative estimate of drug-likeness (QED) is 0.684. The number of carbonyl (C=O) groups excluding carboxylic acids is 2. The van der Waals surface area contributed by atoms with Crippen LogP contribution in [0.1, 0.15) is 39.1 Å². The molecular weight excluding hydrogens is 408 g/mol. The van der Waals surface area contributed by atoms with Gasteiger partial charge in [-0.3, -0.25) is 14.6 Å². The van der Waals surface area contributed by atoms with Gasteiger partial charge in [0, 0.05) is 35.8 Å². The fourth-order valence-electron chi connectivity index (χ4n) is 3.61. The van der Waals surface area contributed by atoms with Crippen molar-refractivity contribution < 1.29 is 19.1 Å². The third-order valence-electron chi connectivity index (χ3n) is 5.28. The van der Waals surface area contributed by atoms with E-state index in [0.29, 0.717) is 34.9 Å². The number of nitrogens with one attached hydrogen (secondary N) is 1. The van der Waals surface area contributed by atoms with Crippen molar-refractivity contribution in [3.63, 3.8) is 0 Å². The molecule has 160 valence electrons. The summed E-state index contributed by atoms with van der Waals surface area (Å²) < 4.78 is 10.8. The topological polar surface area (TPSA) is 93.1 Å². The first kappa shape index (κ1) is 19.7. The third-order valence-corrected chi connectivity index (χ3v) is 5.28. The molecule has 0 aliphatic carbocycles. The molecule has 0 atom stereocenters. The number of pyridine rings is 1. The molecule has 8 heteroatoms. The van der Waals surface area contributed by atoms with E-state index in [0.717, 1.165) is 24.1 Å². The molecule has 0 radical (unpaired) electrons. The van der Waals surface area contributed by atoms with Gasteiger partial charge in [-0.05, 0) is 67.4 Å². The van der Waals surface area contributed by atoms with Gasteiger partial charge < -0.3 is 14.8 Å². The van der Waals surface area contributed by atoms with Crippen LogP contribution in [-0.4, -0.2) is 40.9 Å². The van der Waals surface area contributed by atoms with Crippen LogP contribution in [0.4, 0.5) is 5.69 Å². The minimum Gasteiger partial charge on any atom is -0.454 e. The van der Waals surface area contributed by atoms with E-state index in [-0.39, 0.29) is 18.6 Å². The molecule has 0 unspecified atom stereocenters. The summed E-state index contributed by atoms with van der Waals surface area (Å²) in [6, 6.07) is 15.9. The molecule has 1 N–H and O–H groups in total. The van der Waals surface area contributed by atoms with Gasteiger partial charge in [-0.2, -0.15) is 5.10 Å². The number of benzene rings is 2. The molecule has 0 bridgehead atoms. The zero-order valence-corrected chi connectivity index (χ0v) is 17.2. The summed E-state index contributed by atoms with van der Waals surface area (Å²) in [5.41, 5.74) is 3.31. The van der Waals surface area contributed by atoms with Crippen molar-refractivity contribution in [1.29, 1.82) is 0 Å². The molecule has 1 aromatic heterocycles. The van der Waals surface area contributed by atoms with Gasteiger partial charge in [0.1, 0.15) is 0 Å². The molecule has 0 saturated heterocycles. The second-order valence-corrected chi connectivity index (χ2v) is 7.42. The number of nitrogens with zero attached hydrogens (tertiary/aromatic N) is 3. The smallest absolute Gasteiger partial charge is 0.273 e.